The van der Waals surface area contributed by atoms with Crippen molar-refractivity contribution in [2.24, 2.45) is 0 Å². The van der Waals surface area contributed by atoms with Gasteiger partial charge in [-0.3, -0.25) is 0 Å². The highest BCUT2D eigenvalue weighted by molar-refractivity contribution is 5.08. The van der Waals surface area contributed by atoms with Gasteiger partial charge in [-0.1, -0.05) is 0 Å². The first-order valence-corrected chi connectivity index (χ1v) is 5.03. The second-order valence-corrected chi connectivity index (χ2v) is 3.68. The molecule has 1 fully saturated rings. The maximum absolute atomic E-state index is 10.4. The van der Waals surface area contributed by atoms with Crippen LogP contribution in [0.2, 0.25) is 0 Å². The van der Waals surface area contributed by atoms with Crippen LogP contribution in [0.3, 0.4) is 0 Å². The van der Waals surface area contributed by atoms with Gasteiger partial charge in [-0.15, -0.1) is 0 Å². The average Bonchev–Trinajstić information content (AvgIpc) is 2.86. The fraction of sp³-hybridized carbons (Fsp3) is 0.750. The molecule has 1 N–H and O–H groups in total. The van der Waals surface area contributed by atoms with E-state index in [4.69, 9.17) is 0 Å². The minimum absolute atomic E-state index is 0.186. The molecule has 2 rings (SSSR count). The van der Waals surface area contributed by atoms with E-state index >= 15 is 0 Å². The number of hydrogen-bond donors (Lipinski definition) is 1. The van der Waals surface area contributed by atoms with E-state index in [9.17, 15) is 10.1 Å². The molecule has 2 heterocycles. The van der Waals surface area contributed by atoms with Crippen LogP contribution < -0.4 is 5.32 Å². The Bertz CT molecular complexity index is 345. The molecular weight excluding hydrogens is 198 g/mol. The van der Waals surface area contributed by atoms with Crippen molar-refractivity contribution in [3.8, 4) is 0 Å². The first-order chi connectivity index (χ1) is 7.25. The summed E-state index contributed by atoms with van der Waals surface area (Å²) in [4.78, 5) is 9.82. The summed E-state index contributed by atoms with van der Waals surface area (Å²) in [6.07, 6.45) is 4.70. The Morgan fingerprint density at radius 1 is 1.73 bits per heavy atom. The van der Waals surface area contributed by atoms with Crippen molar-refractivity contribution in [2.75, 3.05) is 6.54 Å². The minimum Gasteiger partial charge on any atom is -0.358 e. The Morgan fingerprint density at radius 2 is 2.60 bits per heavy atom. The molecule has 15 heavy (non-hydrogen) atoms. The van der Waals surface area contributed by atoms with Crippen molar-refractivity contribution < 1.29 is 4.92 Å². The molecule has 1 aliphatic rings. The number of rotatable bonds is 4. The quantitative estimate of drug-likeness (QED) is 0.573. The van der Waals surface area contributed by atoms with Crippen molar-refractivity contribution >= 4 is 5.82 Å². The van der Waals surface area contributed by atoms with Gasteiger partial charge in [0.2, 0.25) is 0 Å². The van der Waals surface area contributed by atoms with E-state index in [0.717, 1.165) is 13.0 Å². The lowest BCUT2D eigenvalue weighted by molar-refractivity contribution is -0.389. The molecule has 7 heteroatoms. The van der Waals surface area contributed by atoms with E-state index in [-0.39, 0.29) is 5.82 Å². The topological polar surface area (TPSA) is 85.9 Å². The molecule has 1 aromatic rings. The SMILES string of the molecule is O=[N+]([O-])c1cn(CCC2CCCN2)nn1. The summed E-state index contributed by atoms with van der Waals surface area (Å²) < 4.78 is 1.53. The monoisotopic (exact) mass is 211 g/mol. The highest BCUT2D eigenvalue weighted by atomic mass is 16.6. The Labute approximate surface area is 86.6 Å². The molecule has 0 amide bonds. The van der Waals surface area contributed by atoms with Gasteiger partial charge in [-0.25, -0.2) is 4.68 Å². The zero-order valence-corrected chi connectivity index (χ0v) is 8.30. The van der Waals surface area contributed by atoms with E-state index in [0.29, 0.717) is 12.6 Å². The Kier molecular flexibility index (Phi) is 2.91. The Morgan fingerprint density at radius 3 is 3.20 bits per heavy atom. The highest BCUT2D eigenvalue weighted by Gasteiger charge is 2.16. The van der Waals surface area contributed by atoms with Crippen LogP contribution in [0.25, 0.3) is 0 Å². The third kappa shape index (κ3) is 2.50. The van der Waals surface area contributed by atoms with E-state index in [1.807, 2.05) is 0 Å². The van der Waals surface area contributed by atoms with E-state index < -0.39 is 4.92 Å². The van der Waals surface area contributed by atoms with Crippen LogP contribution in [0, 0.1) is 10.1 Å². The Balaban J connectivity index is 1.84. The number of nitrogens with one attached hydrogen (secondary N) is 1. The molecular formula is C8H13N5O2. The van der Waals surface area contributed by atoms with Crippen LogP contribution in [0.4, 0.5) is 5.82 Å². The van der Waals surface area contributed by atoms with Crippen LogP contribution in [0.5, 0.6) is 0 Å². The zero-order valence-electron chi connectivity index (χ0n) is 8.30. The number of hydrogen-bond acceptors (Lipinski definition) is 5. The second kappa shape index (κ2) is 4.35. The lowest BCUT2D eigenvalue weighted by Gasteiger charge is -2.07. The molecule has 1 saturated heterocycles. The normalized spacial score (nSPS) is 20.7. The van der Waals surface area contributed by atoms with Gasteiger partial charge in [0.15, 0.2) is 0 Å². The first kappa shape index (κ1) is 10.0. The maximum atomic E-state index is 10.4. The molecule has 0 aliphatic carbocycles. The van der Waals surface area contributed by atoms with Crippen molar-refractivity contribution in [3.63, 3.8) is 0 Å². The number of nitro groups is 1. The third-order valence-corrected chi connectivity index (χ3v) is 2.58. The summed E-state index contributed by atoms with van der Waals surface area (Å²) in [7, 11) is 0. The second-order valence-electron chi connectivity index (χ2n) is 3.68. The van der Waals surface area contributed by atoms with Crippen LogP contribution in [0.1, 0.15) is 19.3 Å². The number of aryl methyl sites for hydroxylation is 1. The molecule has 1 aromatic heterocycles. The third-order valence-electron chi connectivity index (χ3n) is 2.58. The van der Waals surface area contributed by atoms with Crippen LogP contribution >= 0.6 is 0 Å². The van der Waals surface area contributed by atoms with Crippen molar-refractivity contribution in [2.45, 2.75) is 31.8 Å². The largest absolute Gasteiger partial charge is 0.410 e. The standard InChI is InChI=1S/C8H13N5O2/c14-13(15)8-6-12(11-10-8)5-3-7-2-1-4-9-7/h6-7,9H,1-5H2. The maximum Gasteiger partial charge on any atom is 0.410 e. The fourth-order valence-electron chi connectivity index (χ4n) is 1.77. The summed E-state index contributed by atoms with van der Waals surface area (Å²) >= 11 is 0. The Hall–Kier alpha value is -1.50. The molecule has 1 aliphatic heterocycles. The van der Waals surface area contributed by atoms with Crippen LogP contribution in [-0.2, 0) is 6.54 Å². The molecule has 0 spiro atoms. The highest BCUT2D eigenvalue weighted by Crippen LogP contribution is 2.10. The number of aromatic nitrogens is 3. The van der Waals surface area contributed by atoms with Crippen molar-refractivity contribution in [1.82, 2.24) is 20.3 Å². The number of nitrogens with zero attached hydrogens (tertiary/aromatic N) is 4. The smallest absolute Gasteiger partial charge is 0.358 e. The summed E-state index contributed by atoms with van der Waals surface area (Å²) in [6, 6.07) is 0.522. The van der Waals surface area contributed by atoms with Crippen molar-refractivity contribution in [3.05, 3.63) is 16.3 Å². The molecule has 0 saturated carbocycles. The van der Waals surface area contributed by atoms with Gasteiger partial charge < -0.3 is 15.4 Å². The summed E-state index contributed by atoms with van der Waals surface area (Å²) in [5, 5.41) is 20.9. The molecule has 0 bridgehead atoms. The molecule has 0 radical (unpaired) electrons. The molecule has 7 nitrogen and oxygen atoms in total. The average molecular weight is 211 g/mol. The molecule has 1 unspecified atom stereocenters. The van der Waals surface area contributed by atoms with Gasteiger partial charge in [-0.2, -0.15) is 0 Å². The molecule has 82 valence electrons. The molecule has 0 aromatic carbocycles. The fourth-order valence-corrected chi connectivity index (χ4v) is 1.77. The van der Waals surface area contributed by atoms with Crippen LogP contribution in [0.15, 0.2) is 6.20 Å². The van der Waals surface area contributed by atoms with E-state index in [1.165, 1.54) is 23.7 Å². The predicted molar refractivity (Wildman–Crippen MR) is 52.3 cm³/mol. The van der Waals surface area contributed by atoms with Crippen LogP contribution in [-0.4, -0.2) is 32.5 Å². The predicted octanol–water partition coefficient (Wildman–Crippen LogP) is 0.328. The van der Waals surface area contributed by atoms with Gasteiger partial charge >= 0.3 is 5.82 Å². The molecule has 1 atom stereocenters. The van der Waals surface area contributed by atoms with Gasteiger partial charge in [0, 0.05) is 12.6 Å². The zero-order chi connectivity index (χ0) is 10.7. The van der Waals surface area contributed by atoms with Gasteiger partial charge in [0.25, 0.3) is 0 Å². The lowest BCUT2D eigenvalue weighted by atomic mass is 10.2. The van der Waals surface area contributed by atoms with Gasteiger partial charge in [0.1, 0.15) is 11.3 Å². The first-order valence-electron chi connectivity index (χ1n) is 5.03. The van der Waals surface area contributed by atoms with E-state index in [1.54, 1.807) is 0 Å². The minimum atomic E-state index is -0.530. The van der Waals surface area contributed by atoms with Crippen molar-refractivity contribution in [1.29, 1.82) is 0 Å². The summed E-state index contributed by atoms with van der Waals surface area (Å²) in [5.74, 6) is -0.186. The lowest BCUT2D eigenvalue weighted by Crippen LogP contribution is -2.23. The van der Waals surface area contributed by atoms with Gasteiger partial charge in [-0.05, 0) is 30.7 Å². The van der Waals surface area contributed by atoms with E-state index in [2.05, 4.69) is 15.6 Å². The summed E-state index contributed by atoms with van der Waals surface area (Å²) in [6.45, 7) is 1.75. The van der Waals surface area contributed by atoms with Gasteiger partial charge in [0.05, 0.1) is 5.21 Å². The summed E-state index contributed by atoms with van der Waals surface area (Å²) in [5.41, 5.74) is 0.